The summed E-state index contributed by atoms with van der Waals surface area (Å²) in [6, 6.07) is -0.167. The van der Waals surface area contributed by atoms with Gasteiger partial charge in [0.05, 0.1) is 0 Å². The highest BCUT2D eigenvalue weighted by molar-refractivity contribution is 6.25. The van der Waals surface area contributed by atoms with Gasteiger partial charge in [-0.25, -0.2) is 4.79 Å². The molecule has 1 heterocycles. The van der Waals surface area contributed by atoms with Gasteiger partial charge >= 0.3 is 5.97 Å². The Morgan fingerprint density at radius 3 is 2.73 bits per heavy atom. The number of carbonyl (C=O) groups excluding carboxylic acids is 1. The number of esters is 1. The first kappa shape index (κ1) is 12.4. The predicted octanol–water partition coefficient (Wildman–Crippen LogP) is 2.50. The Morgan fingerprint density at radius 1 is 1.53 bits per heavy atom. The lowest BCUT2D eigenvalue weighted by molar-refractivity contribution is -0.159. The molecule has 0 bridgehead atoms. The maximum absolute atomic E-state index is 11.8. The van der Waals surface area contributed by atoms with E-state index >= 15 is 0 Å². The molecule has 86 valence electrons. The van der Waals surface area contributed by atoms with Crippen LogP contribution in [0.4, 0.5) is 0 Å². The third kappa shape index (κ3) is 3.74. The van der Waals surface area contributed by atoms with Crippen molar-refractivity contribution in [1.29, 1.82) is 0 Å². The molecule has 0 radical (unpaired) electrons. The molecular formula is C11H18ClNO2. The van der Waals surface area contributed by atoms with Crippen LogP contribution in [0.3, 0.4) is 0 Å². The molecule has 4 heteroatoms. The fraction of sp³-hybridized carbons (Fsp3) is 0.727. The van der Waals surface area contributed by atoms with Crippen LogP contribution in [0.15, 0.2) is 11.7 Å². The van der Waals surface area contributed by atoms with Crippen molar-refractivity contribution in [3.63, 3.8) is 0 Å². The molecular weight excluding hydrogens is 214 g/mol. The van der Waals surface area contributed by atoms with Gasteiger partial charge < -0.3 is 9.64 Å². The Labute approximate surface area is 96.0 Å². The number of nitrogens with zero attached hydrogens (tertiary/aromatic N) is 1. The second kappa shape index (κ2) is 4.88. The van der Waals surface area contributed by atoms with Crippen LogP contribution in [0.2, 0.25) is 0 Å². The molecule has 1 unspecified atom stereocenters. The van der Waals surface area contributed by atoms with Crippen molar-refractivity contribution in [3.05, 3.63) is 11.7 Å². The molecule has 1 aliphatic rings. The molecule has 1 aliphatic heterocycles. The van der Waals surface area contributed by atoms with Gasteiger partial charge in [0.25, 0.3) is 0 Å². The second-order valence-corrected chi connectivity index (χ2v) is 4.96. The first-order chi connectivity index (χ1) is 6.94. The summed E-state index contributed by atoms with van der Waals surface area (Å²) in [7, 11) is 0. The molecule has 0 aliphatic carbocycles. The molecule has 15 heavy (non-hydrogen) atoms. The van der Waals surface area contributed by atoms with Gasteiger partial charge in [-0.2, -0.15) is 0 Å². The van der Waals surface area contributed by atoms with Gasteiger partial charge in [0.1, 0.15) is 11.6 Å². The number of carbonyl (C=O) groups is 1. The predicted molar refractivity (Wildman–Crippen MR) is 60.6 cm³/mol. The number of rotatable bonds is 2. The van der Waals surface area contributed by atoms with Gasteiger partial charge in [-0.15, -0.1) is 0 Å². The Hall–Kier alpha value is -0.700. The lowest BCUT2D eigenvalue weighted by Gasteiger charge is -2.26. The third-order valence-corrected chi connectivity index (χ3v) is 2.33. The van der Waals surface area contributed by atoms with Crippen molar-refractivity contribution in [1.82, 2.24) is 4.90 Å². The number of halogens is 1. The van der Waals surface area contributed by atoms with Crippen LogP contribution in [-0.2, 0) is 9.53 Å². The highest BCUT2D eigenvalue weighted by atomic mass is 35.5. The molecule has 0 N–H and O–H groups in total. The molecule has 0 saturated carbocycles. The number of hydrogen-bond acceptors (Lipinski definition) is 3. The summed E-state index contributed by atoms with van der Waals surface area (Å²) in [4.78, 5) is 13.7. The van der Waals surface area contributed by atoms with Crippen molar-refractivity contribution < 1.29 is 9.53 Å². The largest absolute Gasteiger partial charge is 0.458 e. The average Bonchev–Trinajstić information content (AvgIpc) is 2.49. The Balaban J connectivity index is 2.59. The summed E-state index contributed by atoms with van der Waals surface area (Å²) in [6.07, 6.45) is 3.59. The van der Waals surface area contributed by atoms with Crippen molar-refractivity contribution >= 4 is 17.6 Å². The molecule has 0 spiro atoms. The van der Waals surface area contributed by atoms with E-state index in [1.807, 2.05) is 25.7 Å². The Morgan fingerprint density at radius 2 is 2.20 bits per heavy atom. The first-order valence-corrected chi connectivity index (χ1v) is 5.63. The molecule has 0 aromatic heterocycles. The molecule has 0 aromatic rings. The first-order valence-electron chi connectivity index (χ1n) is 5.19. The van der Waals surface area contributed by atoms with Crippen LogP contribution in [0, 0.1) is 0 Å². The van der Waals surface area contributed by atoms with Crippen LogP contribution < -0.4 is 0 Å². The standard InChI is InChI=1S/C11H18ClNO2/c1-11(2,3)15-10(14)9-5-4-7-13(9)8-6-12/h6,8-9H,4-5,7H2,1-3H3/b8-6-. The highest BCUT2D eigenvalue weighted by Gasteiger charge is 2.32. The minimum Gasteiger partial charge on any atom is -0.458 e. The Kier molecular flexibility index (Phi) is 4.03. The molecule has 1 fully saturated rings. The van der Waals surface area contributed by atoms with E-state index in [2.05, 4.69) is 0 Å². The van der Waals surface area contributed by atoms with Gasteiger partial charge in [0.15, 0.2) is 0 Å². The topological polar surface area (TPSA) is 29.5 Å². The fourth-order valence-corrected chi connectivity index (χ4v) is 1.81. The average molecular weight is 232 g/mol. The van der Waals surface area contributed by atoms with E-state index in [-0.39, 0.29) is 12.0 Å². The van der Waals surface area contributed by atoms with Crippen LogP contribution in [0.5, 0.6) is 0 Å². The van der Waals surface area contributed by atoms with E-state index in [0.717, 1.165) is 19.4 Å². The van der Waals surface area contributed by atoms with Crippen LogP contribution in [0.25, 0.3) is 0 Å². The van der Waals surface area contributed by atoms with Crippen LogP contribution in [-0.4, -0.2) is 29.1 Å². The number of ether oxygens (including phenoxy) is 1. The molecule has 3 nitrogen and oxygen atoms in total. The summed E-state index contributed by atoms with van der Waals surface area (Å²) in [5.74, 6) is -0.158. The zero-order valence-corrected chi connectivity index (χ0v) is 10.3. The SMILES string of the molecule is CC(C)(C)OC(=O)C1CCCN1/C=C\Cl. The van der Waals surface area contributed by atoms with Gasteiger partial charge in [0, 0.05) is 18.3 Å². The summed E-state index contributed by atoms with van der Waals surface area (Å²) in [6.45, 7) is 6.50. The van der Waals surface area contributed by atoms with Crippen LogP contribution >= 0.6 is 11.6 Å². The normalized spacial score (nSPS) is 22.4. The van der Waals surface area contributed by atoms with Crippen molar-refractivity contribution in [2.75, 3.05) is 6.54 Å². The van der Waals surface area contributed by atoms with Crippen molar-refractivity contribution in [2.45, 2.75) is 45.3 Å². The van der Waals surface area contributed by atoms with Gasteiger partial charge in [0.2, 0.25) is 0 Å². The molecule has 1 rings (SSSR count). The van der Waals surface area contributed by atoms with Crippen molar-refractivity contribution in [2.24, 2.45) is 0 Å². The molecule has 0 amide bonds. The zero-order chi connectivity index (χ0) is 11.5. The summed E-state index contributed by atoms with van der Waals surface area (Å²) in [5, 5.41) is 0. The monoisotopic (exact) mass is 231 g/mol. The van der Waals surface area contributed by atoms with E-state index in [1.54, 1.807) is 6.20 Å². The van der Waals surface area contributed by atoms with E-state index < -0.39 is 5.60 Å². The second-order valence-electron chi connectivity index (χ2n) is 4.70. The number of likely N-dealkylation sites (tertiary alicyclic amines) is 1. The van der Waals surface area contributed by atoms with Gasteiger partial charge in [-0.05, 0) is 33.6 Å². The van der Waals surface area contributed by atoms with Crippen LogP contribution in [0.1, 0.15) is 33.6 Å². The lowest BCUT2D eigenvalue weighted by Crippen LogP contribution is -2.37. The summed E-state index contributed by atoms with van der Waals surface area (Å²) >= 11 is 5.51. The summed E-state index contributed by atoms with van der Waals surface area (Å²) in [5.41, 5.74) is 1.01. The van der Waals surface area contributed by atoms with E-state index in [4.69, 9.17) is 16.3 Å². The van der Waals surface area contributed by atoms with E-state index in [9.17, 15) is 4.79 Å². The highest BCUT2D eigenvalue weighted by Crippen LogP contribution is 2.21. The molecule has 0 aromatic carbocycles. The van der Waals surface area contributed by atoms with Gasteiger partial charge in [-0.1, -0.05) is 11.6 Å². The fourth-order valence-electron chi connectivity index (χ4n) is 1.66. The van der Waals surface area contributed by atoms with Crippen molar-refractivity contribution in [3.8, 4) is 0 Å². The lowest BCUT2D eigenvalue weighted by atomic mass is 10.1. The summed E-state index contributed by atoms with van der Waals surface area (Å²) < 4.78 is 5.34. The van der Waals surface area contributed by atoms with E-state index in [1.165, 1.54) is 5.54 Å². The third-order valence-electron chi connectivity index (χ3n) is 2.22. The maximum Gasteiger partial charge on any atom is 0.329 e. The minimum atomic E-state index is -0.421. The smallest absolute Gasteiger partial charge is 0.329 e. The molecule has 1 saturated heterocycles. The quantitative estimate of drug-likeness (QED) is 0.684. The maximum atomic E-state index is 11.8. The Bertz CT molecular complexity index is 258. The zero-order valence-electron chi connectivity index (χ0n) is 9.50. The minimum absolute atomic E-state index is 0.158. The molecule has 1 atom stereocenters. The van der Waals surface area contributed by atoms with Gasteiger partial charge in [-0.3, -0.25) is 0 Å². The van der Waals surface area contributed by atoms with E-state index in [0.29, 0.717) is 0 Å². The number of hydrogen-bond donors (Lipinski definition) is 0.